The van der Waals surface area contributed by atoms with Gasteiger partial charge in [-0.2, -0.15) is 0 Å². The number of likely N-dealkylation sites (N-methyl/N-ethyl adjacent to an activating group) is 1. The van der Waals surface area contributed by atoms with Crippen LogP contribution in [0.1, 0.15) is 19.6 Å². The van der Waals surface area contributed by atoms with Gasteiger partial charge in [-0.25, -0.2) is 4.79 Å². The van der Waals surface area contributed by atoms with E-state index in [1.165, 1.54) is 4.90 Å². The summed E-state index contributed by atoms with van der Waals surface area (Å²) in [4.78, 5) is 27.0. The van der Waals surface area contributed by atoms with Gasteiger partial charge in [-0.15, -0.1) is 0 Å². The molecule has 7 heteroatoms. The Morgan fingerprint density at radius 3 is 2.60 bits per heavy atom. The molecule has 1 aromatic heterocycles. The lowest BCUT2D eigenvalue weighted by Gasteiger charge is -2.20. The van der Waals surface area contributed by atoms with Crippen LogP contribution >= 0.6 is 15.9 Å². The first-order valence-corrected chi connectivity index (χ1v) is 7.16. The van der Waals surface area contributed by atoms with E-state index in [1.54, 1.807) is 13.8 Å². The Labute approximate surface area is 126 Å². The van der Waals surface area contributed by atoms with Gasteiger partial charge in [-0.05, 0) is 49.0 Å². The summed E-state index contributed by atoms with van der Waals surface area (Å²) >= 11 is 3.25. The summed E-state index contributed by atoms with van der Waals surface area (Å²) < 4.78 is 6.11. The van der Waals surface area contributed by atoms with Crippen molar-refractivity contribution in [1.29, 1.82) is 0 Å². The van der Waals surface area contributed by atoms with Gasteiger partial charge in [0.05, 0.1) is 6.54 Å². The molecule has 0 spiro atoms. The van der Waals surface area contributed by atoms with Crippen molar-refractivity contribution in [1.82, 2.24) is 15.1 Å². The zero-order chi connectivity index (χ0) is 14.9. The molecule has 0 saturated carbocycles. The van der Waals surface area contributed by atoms with E-state index < -0.39 is 5.54 Å². The summed E-state index contributed by atoms with van der Waals surface area (Å²) in [5.41, 5.74) is -0.804. The fourth-order valence-electron chi connectivity index (χ4n) is 2.07. The Bertz CT molecular complexity index is 527. The van der Waals surface area contributed by atoms with E-state index in [1.807, 2.05) is 24.1 Å². The van der Waals surface area contributed by atoms with Gasteiger partial charge in [0.15, 0.2) is 4.67 Å². The first kappa shape index (κ1) is 15.1. The van der Waals surface area contributed by atoms with Gasteiger partial charge < -0.3 is 9.73 Å². The average Bonchev–Trinajstić information content (AvgIpc) is 2.81. The third-order valence-electron chi connectivity index (χ3n) is 3.20. The Hall–Kier alpha value is -1.34. The van der Waals surface area contributed by atoms with Gasteiger partial charge >= 0.3 is 6.03 Å². The zero-order valence-corrected chi connectivity index (χ0v) is 13.4. The highest BCUT2D eigenvalue weighted by molar-refractivity contribution is 9.10. The van der Waals surface area contributed by atoms with Crippen LogP contribution in [-0.2, 0) is 11.3 Å². The number of furan rings is 1. The average molecular weight is 344 g/mol. The molecule has 1 aromatic rings. The zero-order valence-electron chi connectivity index (χ0n) is 11.8. The summed E-state index contributed by atoms with van der Waals surface area (Å²) in [5.74, 6) is 0.647. The molecule has 3 amide bonds. The van der Waals surface area contributed by atoms with Crippen LogP contribution in [0.3, 0.4) is 0 Å². The number of imide groups is 1. The SMILES string of the molecule is CN(CCN1C(=O)NC(C)(C)C1=O)Cc1ccc(Br)o1. The van der Waals surface area contributed by atoms with Crippen LogP contribution in [0.25, 0.3) is 0 Å². The van der Waals surface area contributed by atoms with Crippen molar-refractivity contribution >= 4 is 27.9 Å². The normalized spacial score (nSPS) is 17.9. The maximum absolute atomic E-state index is 12.0. The predicted molar refractivity (Wildman–Crippen MR) is 77.1 cm³/mol. The first-order valence-electron chi connectivity index (χ1n) is 6.36. The highest BCUT2D eigenvalue weighted by Crippen LogP contribution is 2.17. The Balaban J connectivity index is 1.86. The number of halogens is 1. The quantitative estimate of drug-likeness (QED) is 0.828. The molecule has 0 aromatic carbocycles. The van der Waals surface area contributed by atoms with Gasteiger partial charge in [-0.3, -0.25) is 14.6 Å². The third-order valence-corrected chi connectivity index (χ3v) is 3.63. The summed E-state index contributed by atoms with van der Waals surface area (Å²) in [6.45, 7) is 4.99. The molecular weight excluding hydrogens is 326 g/mol. The van der Waals surface area contributed by atoms with E-state index in [2.05, 4.69) is 21.2 Å². The molecule has 0 radical (unpaired) electrons. The van der Waals surface area contributed by atoms with Gasteiger partial charge in [0, 0.05) is 13.1 Å². The maximum atomic E-state index is 12.0. The summed E-state index contributed by atoms with van der Waals surface area (Å²) in [6.07, 6.45) is 0. The molecule has 1 saturated heterocycles. The van der Waals surface area contributed by atoms with E-state index in [0.717, 1.165) is 5.76 Å². The van der Waals surface area contributed by atoms with Crippen LogP contribution in [0.5, 0.6) is 0 Å². The number of amides is 3. The van der Waals surface area contributed by atoms with Crippen molar-refractivity contribution in [2.75, 3.05) is 20.1 Å². The number of urea groups is 1. The molecule has 1 N–H and O–H groups in total. The lowest BCUT2D eigenvalue weighted by molar-refractivity contribution is -0.130. The Kier molecular flexibility index (Phi) is 4.19. The lowest BCUT2D eigenvalue weighted by Crippen LogP contribution is -2.41. The minimum absolute atomic E-state index is 0.184. The van der Waals surface area contributed by atoms with Gasteiger partial charge in [0.2, 0.25) is 0 Å². The predicted octanol–water partition coefficient (Wildman–Crippen LogP) is 1.80. The van der Waals surface area contributed by atoms with Crippen molar-refractivity contribution < 1.29 is 14.0 Å². The standard InChI is InChI=1S/C13H18BrN3O3/c1-13(2)11(18)17(12(19)15-13)7-6-16(3)8-9-4-5-10(14)20-9/h4-5H,6-8H2,1-3H3,(H,15,19). The van der Waals surface area contributed by atoms with Crippen molar-refractivity contribution in [3.8, 4) is 0 Å². The van der Waals surface area contributed by atoms with E-state index >= 15 is 0 Å². The minimum Gasteiger partial charge on any atom is -0.453 e. The second-order valence-corrected chi connectivity index (χ2v) is 6.24. The van der Waals surface area contributed by atoms with Gasteiger partial charge in [-0.1, -0.05) is 0 Å². The van der Waals surface area contributed by atoms with Crippen LogP contribution in [0.2, 0.25) is 0 Å². The third kappa shape index (κ3) is 3.21. The topological polar surface area (TPSA) is 65.8 Å². The summed E-state index contributed by atoms with van der Waals surface area (Å²) in [5, 5.41) is 2.66. The van der Waals surface area contributed by atoms with Crippen LogP contribution < -0.4 is 5.32 Å². The number of carbonyl (C=O) groups excluding carboxylic acids is 2. The number of rotatable bonds is 5. The Morgan fingerprint density at radius 2 is 2.10 bits per heavy atom. The molecule has 0 bridgehead atoms. The number of hydrogen-bond donors (Lipinski definition) is 1. The van der Waals surface area contributed by atoms with Crippen LogP contribution in [-0.4, -0.2) is 47.4 Å². The molecule has 0 aliphatic carbocycles. The number of nitrogens with zero attached hydrogens (tertiary/aromatic N) is 2. The van der Waals surface area contributed by atoms with E-state index in [4.69, 9.17) is 4.42 Å². The van der Waals surface area contributed by atoms with Crippen LogP contribution in [0.15, 0.2) is 21.2 Å². The van der Waals surface area contributed by atoms with Crippen molar-refractivity contribution in [2.45, 2.75) is 25.9 Å². The molecule has 1 aliphatic heterocycles. The first-order chi connectivity index (χ1) is 9.29. The highest BCUT2D eigenvalue weighted by atomic mass is 79.9. The molecule has 20 heavy (non-hydrogen) atoms. The molecular formula is C13H18BrN3O3. The molecule has 6 nitrogen and oxygen atoms in total. The van der Waals surface area contributed by atoms with Crippen LogP contribution in [0.4, 0.5) is 4.79 Å². The summed E-state index contributed by atoms with van der Waals surface area (Å²) in [6, 6.07) is 3.40. The molecule has 1 fully saturated rings. The van der Waals surface area contributed by atoms with Gasteiger partial charge in [0.25, 0.3) is 5.91 Å². The Morgan fingerprint density at radius 1 is 1.40 bits per heavy atom. The molecule has 110 valence electrons. The van der Waals surface area contributed by atoms with Crippen LogP contribution in [0, 0.1) is 0 Å². The molecule has 1 aliphatic rings. The van der Waals surface area contributed by atoms with Crippen molar-refractivity contribution in [3.05, 3.63) is 22.6 Å². The fraction of sp³-hybridized carbons (Fsp3) is 0.538. The second-order valence-electron chi connectivity index (χ2n) is 5.46. The van der Waals surface area contributed by atoms with E-state index in [9.17, 15) is 9.59 Å². The van der Waals surface area contributed by atoms with Gasteiger partial charge in [0.1, 0.15) is 11.3 Å². The molecule has 0 atom stereocenters. The molecule has 2 rings (SSSR count). The lowest BCUT2D eigenvalue weighted by atomic mass is 10.1. The monoisotopic (exact) mass is 343 g/mol. The summed E-state index contributed by atoms with van der Waals surface area (Å²) in [7, 11) is 1.92. The maximum Gasteiger partial charge on any atom is 0.325 e. The second kappa shape index (κ2) is 5.57. The van der Waals surface area contributed by atoms with E-state index in [0.29, 0.717) is 24.3 Å². The fourth-order valence-corrected chi connectivity index (χ4v) is 2.41. The van der Waals surface area contributed by atoms with Crippen molar-refractivity contribution in [3.63, 3.8) is 0 Å². The molecule has 2 heterocycles. The highest BCUT2D eigenvalue weighted by Gasteiger charge is 2.43. The minimum atomic E-state index is -0.804. The number of carbonyl (C=O) groups is 2. The number of nitrogens with one attached hydrogen (secondary N) is 1. The largest absolute Gasteiger partial charge is 0.453 e. The number of hydrogen-bond acceptors (Lipinski definition) is 4. The van der Waals surface area contributed by atoms with Crippen molar-refractivity contribution in [2.24, 2.45) is 0 Å². The van der Waals surface area contributed by atoms with E-state index in [-0.39, 0.29) is 11.9 Å². The smallest absolute Gasteiger partial charge is 0.325 e. The molecule has 0 unspecified atom stereocenters.